The van der Waals surface area contributed by atoms with Crippen LogP contribution in [0.25, 0.3) is 75.1 Å². The van der Waals surface area contributed by atoms with E-state index in [-0.39, 0.29) is 5.41 Å². The third kappa shape index (κ3) is 4.36. The zero-order valence-electron chi connectivity index (χ0n) is 28.9. The number of para-hydroxylation sites is 1. The highest BCUT2D eigenvalue weighted by Crippen LogP contribution is 2.51. The van der Waals surface area contributed by atoms with Crippen molar-refractivity contribution in [3.05, 3.63) is 175 Å². The van der Waals surface area contributed by atoms with Crippen molar-refractivity contribution >= 4 is 81.3 Å². The number of nitrogens with zero attached hydrogens (tertiary/aromatic N) is 1. The highest BCUT2D eigenvalue weighted by molar-refractivity contribution is 7.25. The fourth-order valence-corrected chi connectivity index (χ4v) is 9.68. The van der Waals surface area contributed by atoms with E-state index in [2.05, 4.69) is 170 Å². The summed E-state index contributed by atoms with van der Waals surface area (Å²) in [7, 11) is 0. The van der Waals surface area contributed by atoms with Crippen LogP contribution in [-0.4, -0.2) is 0 Å². The van der Waals surface area contributed by atoms with E-state index in [9.17, 15) is 0 Å². The zero-order valence-corrected chi connectivity index (χ0v) is 29.7. The molecule has 0 fully saturated rings. The highest BCUT2D eigenvalue weighted by atomic mass is 32.1. The Morgan fingerprint density at radius 1 is 0.442 bits per heavy atom. The SMILES string of the molecule is CC1(C)c2ccccc2-c2cc(N(c3ccc(-c4ccc5cc6c(cc5c4)oc4ccccc46)cc3)c3ccc4sc5ccccc5c4c3)ccc21. The number of benzene rings is 8. The van der Waals surface area contributed by atoms with Crippen LogP contribution in [0.15, 0.2) is 168 Å². The topological polar surface area (TPSA) is 16.4 Å². The van der Waals surface area contributed by atoms with Crippen molar-refractivity contribution in [3.8, 4) is 22.3 Å². The first-order valence-corrected chi connectivity index (χ1v) is 18.7. The monoisotopic (exact) mass is 683 g/mol. The van der Waals surface area contributed by atoms with E-state index in [0.717, 1.165) is 39.0 Å². The lowest BCUT2D eigenvalue weighted by Crippen LogP contribution is -2.15. The average Bonchev–Trinajstić information content (AvgIpc) is 3.81. The van der Waals surface area contributed by atoms with Crippen LogP contribution < -0.4 is 4.90 Å². The number of hydrogen-bond acceptors (Lipinski definition) is 3. The zero-order chi connectivity index (χ0) is 34.6. The molecule has 3 heteroatoms. The lowest BCUT2D eigenvalue weighted by atomic mass is 9.82. The van der Waals surface area contributed by atoms with Crippen LogP contribution in [0, 0.1) is 0 Å². The van der Waals surface area contributed by atoms with E-state index < -0.39 is 0 Å². The Hall–Kier alpha value is -6.16. The Morgan fingerprint density at radius 3 is 2.04 bits per heavy atom. The largest absolute Gasteiger partial charge is 0.456 e. The van der Waals surface area contributed by atoms with Gasteiger partial charge in [-0.05, 0) is 117 Å². The molecule has 0 radical (unpaired) electrons. The first kappa shape index (κ1) is 29.6. The van der Waals surface area contributed by atoms with Gasteiger partial charge in [0.15, 0.2) is 0 Å². The maximum absolute atomic E-state index is 6.23. The Kier molecular flexibility index (Phi) is 6.21. The second-order valence-electron chi connectivity index (χ2n) is 14.6. The van der Waals surface area contributed by atoms with Gasteiger partial charge in [0.05, 0.1) is 0 Å². The van der Waals surface area contributed by atoms with Crippen molar-refractivity contribution in [2.75, 3.05) is 4.90 Å². The summed E-state index contributed by atoms with van der Waals surface area (Å²) in [6, 6.07) is 60.1. The summed E-state index contributed by atoms with van der Waals surface area (Å²) >= 11 is 1.86. The molecular weight excluding hydrogens is 651 g/mol. The summed E-state index contributed by atoms with van der Waals surface area (Å²) in [5.74, 6) is 0. The standard InChI is InChI=1S/C49H33NOS/c1-49(2)43-12-6-3-9-37(43)40-28-35(21-23-44(40)49)50(36-22-24-48-42(29-36)39-11-5-8-14-47(39)52-48)34-19-17-30(18-20-34)31-15-16-32-26-41-38-10-4-7-13-45(38)51-46(41)27-33(32)25-31/h3-29H,1-2H3. The molecule has 0 amide bonds. The van der Waals surface area contributed by atoms with Crippen LogP contribution in [0.1, 0.15) is 25.0 Å². The smallest absolute Gasteiger partial charge is 0.136 e. The molecule has 0 N–H and O–H groups in total. The molecule has 2 aromatic heterocycles. The number of thiophene rings is 1. The van der Waals surface area contributed by atoms with Crippen LogP contribution >= 0.6 is 11.3 Å². The van der Waals surface area contributed by atoms with Gasteiger partial charge >= 0.3 is 0 Å². The average molecular weight is 684 g/mol. The van der Waals surface area contributed by atoms with Gasteiger partial charge in [-0.25, -0.2) is 0 Å². The quantitative estimate of drug-likeness (QED) is 0.184. The fourth-order valence-electron chi connectivity index (χ4n) is 8.60. The lowest BCUT2D eigenvalue weighted by molar-refractivity contribution is 0.660. The van der Waals surface area contributed by atoms with E-state index in [4.69, 9.17) is 4.42 Å². The van der Waals surface area contributed by atoms with Crippen molar-refractivity contribution < 1.29 is 4.42 Å². The van der Waals surface area contributed by atoms with Gasteiger partial charge in [-0.2, -0.15) is 0 Å². The molecule has 0 bridgehead atoms. The molecule has 11 rings (SSSR count). The molecule has 2 nitrogen and oxygen atoms in total. The predicted octanol–water partition coefficient (Wildman–Crippen LogP) is 14.6. The van der Waals surface area contributed by atoms with E-state index in [1.54, 1.807) is 0 Å². The van der Waals surface area contributed by atoms with Crippen molar-refractivity contribution in [2.45, 2.75) is 19.3 Å². The van der Waals surface area contributed by atoms with Gasteiger partial charge in [0.2, 0.25) is 0 Å². The first-order chi connectivity index (χ1) is 25.5. The summed E-state index contributed by atoms with van der Waals surface area (Å²) in [5.41, 5.74) is 13.0. The van der Waals surface area contributed by atoms with Crippen molar-refractivity contribution in [1.82, 2.24) is 0 Å². The Bertz CT molecular complexity index is 3050. The highest BCUT2D eigenvalue weighted by Gasteiger charge is 2.35. The molecule has 0 spiro atoms. The predicted molar refractivity (Wildman–Crippen MR) is 222 cm³/mol. The van der Waals surface area contributed by atoms with Crippen molar-refractivity contribution in [2.24, 2.45) is 0 Å². The number of fused-ring (bicyclic) bond motifs is 10. The van der Waals surface area contributed by atoms with Gasteiger partial charge in [0.25, 0.3) is 0 Å². The van der Waals surface area contributed by atoms with Gasteiger partial charge in [-0.3, -0.25) is 0 Å². The van der Waals surface area contributed by atoms with E-state index in [1.165, 1.54) is 64.3 Å². The minimum absolute atomic E-state index is 0.0402. The van der Waals surface area contributed by atoms with Gasteiger partial charge in [0.1, 0.15) is 11.2 Å². The molecule has 0 atom stereocenters. The minimum Gasteiger partial charge on any atom is -0.456 e. The van der Waals surface area contributed by atoms with Gasteiger partial charge in [0, 0.05) is 53.4 Å². The number of rotatable bonds is 4. The Balaban J connectivity index is 1.04. The molecule has 1 aliphatic carbocycles. The van der Waals surface area contributed by atoms with Crippen LogP contribution in [0.3, 0.4) is 0 Å². The van der Waals surface area contributed by atoms with Gasteiger partial charge < -0.3 is 9.32 Å². The summed E-state index contributed by atoms with van der Waals surface area (Å²) in [5, 5.41) is 7.30. The number of anilines is 3. The van der Waals surface area contributed by atoms with Crippen molar-refractivity contribution in [1.29, 1.82) is 0 Å². The van der Waals surface area contributed by atoms with E-state index in [0.29, 0.717) is 0 Å². The second-order valence-corrected chi connectivity index (χ2v) is 15.7. The fraction of sp³-hybridized carbons (Fsp3) is 0.0612. The maximum atomic E-state index is 6.23. The number of hydrogen-bond donors (Lipinski definition) is 0. The van der Waals surface area contributed by atoms with Gasteiger partial charge in [-0.1, -0.05) is 105 Å². The summed E-state index contributed by atoms with van der Waals surface area (Å²) in [6.07, 6.45) is 0. The maximum Gasteiger partial charge on any atom is 0.136 e. The van der Waals surface area contributed by atoms with Crippen LogP contribution in [-0.2, 0) is 5.41 Å². The van der Waals surface area contributed by atoms with Crippen LogP contribution in [0.5, 0.6) is 0 Å². The third-order valence-electron chi connectivity index (χ3n) is 11.2. The second kappa shape index (κ2) is 10.9. The third-order valence-corrected chi connectivity index (χ3v) is 12.4. The Morgan fingerprint density at radius 2 is 1.13 bits per heavy atom. The first-order valence-electron chi connectivity index (χ1n) is 17.9. The van der Waals surface area contributed by atoms with E-state index in [1.807, 2.05) is 23.5 Å². The summed E-state index contributed by atoms with van der Waals surface area (Å²) < 4.78 is 8.86. The summed E-state index contributed by atoms with van der Waals surface area (Å²) in [6.45, 7) is 4.69. The molecule has 2 heterocycles. The molecule has 246 valence electrons. The van der Waals surface area contributed by atoms with E-state index >= 15 is 0 Å². The van der Waals surface area contributed by atoms with Crippen LogP contribution in [0.4, 0.5) is 17.1 Å². The molecule has 10 aromatic rings. The Labute approximate surface area is 305 Å². The van der Waals surface area contributed by atoms with Gasteiger partial charge in [-0.15, -0.1) is 11.3 Å². The molecule has 0 aliphatic heterocycles. The minimum atomic E-state index is -0.0402. The molecule has 52 heavy (non-hydrogen) atoms. The molecule has 0 saturated heterocycles. The molecular formula is C49H33NOS. The molecule has 0 unspecified atom stereocenters. The number of furan rings is 1. The molecule has 0 saturated carbocycles. The molecule has 1 aliphatic rings. The van der Waals surface area contributed by atoms with Crippen molar-refractivity contribution in [3.63, 3.8) is 0 Å². The normalized spacial score (nSPS) is 13.3. The molecule has 8 aromatic carbocycles. The summed E-state index contributed by atoms with van der Waals surface area (Å²) in [4.78, 5) is 2.42. The lowest BCUT2D eigenvalue weighted by Gasteiger charge is -2.27. The van der Waals surface area contributed by atoms with Crippen LogP contribution in [0.2, 0.25) is 0 Å².